The van der Waals surface area contributed by atoms with Crippen LogP contribution in [0.2, 0.25) is 0 Å². The molecule has 0 saturated heterocycles. The van der Waals surface area contributed by atoms with Crippen molar-refractivity contribution in [1.82, 2.24) is 10.2 Å². The largest absolute Gasteiger partial charge is 0.357 e. The monoisotopic (exact) mass is 401 g/mol. The standard InChI is InChI=1S/C17H28BrN3OS/c1-6-19-16(20-11-12-23(22)17(2,3)4)21(5)13-14-9-7-8-10-15(14)18/h7-10H,6,11-13H2,1-5H3,(H,19,20). The molecule has 0 aliphatic carbocycles. The molecular weight excluding hydrogens is 374 g/mol. The van der Waals surface area contributed by atoms with Crippen LogP contribution in [-0.2, 0) is 17.3 Å². The van der Waals surface area contributed by atoms with Crippen molar-refractivity contribution in [2.45, 2.75) is 39.0 Å². The highest BCUT2D eigenvalue weighted by Crippen LogP contribution is 2.17. The molecule has 0 saturated carbocycles. The number of hydrogen-bond donors (Lipinski definition) is 1. The summed E-state index contributed by atoms with van der Waals surface area (Å²) in [5.74, 6) is 1.43. The number of nitrogens with one attached hydrogen (secondary N) is 1. The third kappa shape index (κ3) is 7.04. The van der Waals surface area contributed by atoms with E-state index < -0.39 is 10.8 Å². The fraction of sp³-hybridized carbons (Fsp3) is 0.588. The molecule has 4 nitrogen and oxygen atoms in total. The number of halogens is 1. The molecule has 0 radical (unpaired) electrons. The Labute approximate surface area is 151 Å². The van der Waals surface area contributed by atoms with Crippen LogP contribution in [0.5, 0.6) is 0 Å². The molecule has 23 heavy (non-hydrogen) atoms. The maximum absolute atomic E-state index is 12.1. The Morgan fingerprint density at radius 2 is 2.00 bits per heavy atom. The molecule has 0 heterocycles. The normalized spacial score (nSPS) is 13.7. The molecule has 0 aliphatic heterocycles. The maximum atomic E-state index is 12.1. The first-order valence-corrected chi connectivity index (χ1v) is 9.98. The van der Waals surface area contributed by atoms with Crippen LogP contribution >= 0.6 is 15.9 Å². The predicted octanol–water partition coefficient (Wildman–Crippen LogP) is 3.39. The van der Waals surface area contributed by atoms with Crippen LogP contribution < -0.4 is 5.32 Å². The minimum absolute atomic E-state index is 0.186. The number of benzene rings is 1. The summed E-state index contributed by atoms with van der Waals surface area (Å²) in [4.78, 5) is 6.70. The number of guanidine groups is 1. The van der Waals surface area contributed by atoms with E-state index in [1.54, 1.807) is 0 Å². The molecular formula is C17H28BrN3OS. The van der Waals surface area contributed by atoms with Crippen molar-refractivity contribution in [3.63, 3.8) is 0 Å². The molecule has 1 unspecified atom stereocenters. The summed E-state index contributed by atoms with van der Waals surface area (Å²) in [6, 6.07) is 8.18. The summed E-state index contributed by atoms with van der Waals surface area (Å²) in [6.07, 6.45) is 0. The summed E-state index contributed by atoms with van der Waals surface area (Å²) in [5, 5.41) is 3.30. The first-order chi connectivity index (χ1) is 10.8. The summed E-state index contributed by atoms with van der Waals surface area (Å²) in [5.41, 5.74) is 1.21. The maximum Gasteiger partial charge on any atom is 0.193 e. The lowest BCUT2D eigenvalue weighted by atomic mass is 10.2. The molecule has 0 amide bonds. The SMILES string of the molecule is CCNC(=NCCS(=O)C(C)(C)C)N(C)Cc1ccccc1Br. The quantitative estimate of drug-likeness (QED) is 0.586. The van der Waals surface area contributed by atoms with E-state index in [2.05, 4.69) is 44.1 Å². The number of nitrogens with zero attached hydrogens (tertiary/aromatic N) is 2. The highest BCUT2D eigenvalue weighted by Gasteiger charge is 2.18. The molecule has 1 rings (SSSR count). The van der Waals surface area contributed by atoms with E-state index in [9.17, 15) is 4.21 Å². The zero-order valence-corrected chi connectivity index (χ0v) is 17.1. The van der Waals surface area contributed by atoms with Crippen molar-refractivity contribution in [3.8, 4) is 0 Å². The van der Waals surface area contributed by atoms with E-state index in [1.807, 2.05) is 46.0 Å². The Kier molecular flexibility index (Phi) is 8.26. The van der Waals surface area contributed by atoms with Gasteiger partial charge in [-0.3, -0.25) is 9.20 Å². The van der Waals surface area contributed by atoms with Crippen molar-refractivity contribution >= 4 is 32.7 Å². The molecule has 0 spiro atoms. The average Bonchev–Trinajstić information content (AvgIpc) is 2.47. The minimum Gasteiger partial charge on any atom is -0.357 e. The van der Waals surface area contributed by atoms with Crippen molar-refractivity contribution < 1.29 is 4.21 Å². The van der Waals surface area contributed by atoms with Gasteiger partial charge in [0.2, 0.25) is 0 Å². The summed E-state index contributed by atoms with van der Waals surface area (Å²) in [6.45, 7) is 10.2. The van der Waals surface area contributed by atoms with Gasteiger partial charge in [-0.25, -0.2) is 0 Å². The second-order valence-corrected chi connectivity index (χ2v) is 9.52. The number of hydrogen-bond acceptors (Lipinski definition) is 2. The zero-order chi connectivity index (χ0) is 17.5. The van der Waals surface area contributed by atoms with E-state index in [0.717, 1.165) is 23.5 Å². The molecule has 0 aromatic heterocycles. The van der Waals surface area contributed by atoms with Gasteiger partial charge in [-0.1, -0.05) is 34.1 Å². The molecule has 0 bridgehead atoms. The van der Waals surface area contributed by atoms with Gasteiger partial charge in [0, 0.05) is 45.9 Å². The van der Waals surface area contributed by atoms with Gasteiger partial charge in [-0.15, -0.1) is 0 Å². The average molecular weight is 402 g/mol. The Morgan fingerprint density at radius 1 is 1.35 bits per heavy atom. The third-order valence-corrected chi connectivity index (χ3v) is 5.98. The molecule has 0 aliphatic rings. The van der Waals surface area contributed by atoms with Crippen molar-refractivity contribution in [3.05, 3.63) is 34.3 Å². The van der Waals surface area contributed by atoms with Crippen LogP contribution in [0.1, 0.15) is 33.3 Å². The van der Waals surface area contributed by atoms with E-state index in [-0.39, 0.29) is 4.75 Å². The van der Waals surface area contributed by atoms with Crippen LogP contribution in [-0.4, -0.2) is 45.7 Å². The van der Waals surface area contributed by atoms with E-state index in [0.29, 0.717) is 12.3 Å². The molecule has 1 aromatic carbocycles. The second-order valence-electron chi connectivity index (χ2n) is 6.35. The van der Waals surface area contributed by atoms with E-state index in [4.69, 9.17) is 0 Å². The zero-order valence-electron chi connectivity index (χ0n) is 14.7. The molecule has 1 aromatic rings. The topological polar surface area (TPSA) is 44.7 Å². The lowest BCUT2D eigenvalue weighted by Crippen LogP contribution is -2.39. The van der Waals surface area contributed by atoms with Crippen LogP contribution in [0.15, 0.2) is 33.7 Å². The van der Waals surface area contributed by atoms with Gasteiger partial charge in [-0.2, -0.15) is 0 Å². The first kappa shape index (κ1) is 20.2. The molecule has 6 heteroatoms. The smallest absolute Gasteiger partial charge is 0.193 e. The number of rotatable bonds is 6. The molecule has 0 fully saturated rings. The molecule has 1 N–H and O–H groups in total. The molecule has 1 atom stereocenters. The molecule has 130 valence electrons. The van der Waals surface area contributed by atoms with Gasteiger partial charge in [0.1, 0.15) is 0 Å². The van der Waals surface area contributed by atoms with Gasteiger partial charge in [-0.05, 0) is 39.3 Å². The third-order valence-electron chi connectivity index (χ3n) is 3.28. The Bertz CT molecular complexity index is 555. The Morgan fingerprint density at radius 3 is 2.57 bits per heavy atom. The van der Waals surface area contributed by atoms with E-state index in [1.165, 1.54) is 5.56 Å². The fourth-order valence-electron chi connectivity index (χ4n) is 1.97. The van der Waals surface area contributed by atoms with Crippen molar-refractivity contribution in [2.75, 3.05) is 25.9 Å². The summed E-state index contributed by atoms with van der Waals surface area (Å²) >= 11 is 3.58. The van der Waals surface area contributed by atoms with Gasteiger partial charge >= 0.3 is 0 Å². The van der Waals surface area contributed by atoms with Crippen molar-refractivity contribution in [1.29, 1.82) is 0 Å². The first-order valence-electron chi connectivity index (χ1n) is 7.87. The highest BCUT2D eigenvalue weighted by atomic mass is 79.9. The van der Waals surface area contributed by atoms with Gasteiger partial charge in [0.25, 0.3) is 0 Å². The van der Waals surface area contributed by atoms with Crippen LogP contribution in [0.4, 0.5) is 0 Å². The second kappa shape index (κ2) is 9.42. The number of aliphatic imine (C=N–C) groups is 1. The highest BCUT2D eigenvalue weighted by molar-refractivity contribution is 9.10. The Balaban J connectivity index is 2.71. The lowest BCUT2D eigenvalue weighted by molar-refractivity contribution is 0.476. The van der Waals surface area contributed by atoms with Gasteiger partial charge < -0.3 is 10.2 Å². The summed E-state index contributed by atoms with van der Waals surface area (Å²) in [7, 11) is 1.14. The van der Waals surface area contributed by atoms with Crippen LogP contribution in [0.25, 0.3) is 0 Å². The predicted molar refractivity (Wildman–Crippen MR) is 104 cm³/mol. The fourth-order valence-corrected chi connectivity index (χ4v) is 3.25. The van der Waals surface area contributed by atoms with Crippen molar-refractivity contribution in [2.24, 2.45) is 4.99 Å². The lowest BCUT2D eigenvalue weighted by Gasteiger charge is -2.23. The van der Waals surface area contributed by atoms with Gasteiger partial charge in [0.05, 0.1) is 6.54 Å². The van der Waals surface area contributed by atoms with Gasteiger partial charge in [0.15, 0.2) is 5.96 Å². The van der Waals surface area contributed by atoms with Crippen LogP contribution in [0, 0.1) is 0 Å². The van der Waals surface area contributed by atoms with Crippen LogP contribution in [0.3, 0.4) is 0 Å². The minimum atomic E-state index is -0.873. The Hall–Kier alpha value is -0.880. The summed E-state index contributed by atoms with van der Waals surface area (Å²) < 4.78 is 13.0. The van der Waals surface area contributed by atoms with E-state index >= 15 is 0 Å².